The molecule has 0 spiro atoms. The Kier molecular flexibility index (Phi) is 3.91. The molecule has 0 saturated heterocycles. The number of aryl methyl sites for hydroxylation is 1. The molecule has 0 aliphatic carbocycles. The van der Waals surface area contributed by atoms with Gasteiger partial charge in [0.2, 0.25) is 5.91 Å². The first-order chi connectivity index (χ1) is 11.1. The van der Waals surface area contributed by atoms with E-state index in [0.717, 1.165) is 0 Å². The molecule has 3 heterocycles. The molecule has 0 fully saturated rings. The number of imidazole rings is 1. The Balaban J connectivity index is 1.73. The number of hydrogen-bond donors (Lipinski definition) is 1. The third kappa shape index (κ3) is 3.46. The van der Waals surface area contributed by atoms with Crippen LogP contribution in [0.25, 0.3) is 5.82 Å². The number of rotatable bonds is 4. The maximum absolute atomic E-state index is 12.0. The third-order valence-corrected chi connectivity index (χ3v) is 3.02. The van der Waals surface area contributed by atoms with Gasteiger partial charge in [0, 0.05) is 30.2 Å². The van der Waals surface area contributed by atoms with Gasteiger partial charge in [0.1, 0.15) is 30.8 Å². The third-order valence-electron chi connectivity index (χ3n) is 3.02. The average molecular weight is 311 g/mol. The van der Waals surface area contributed by atoms with Crippen molar-refractivity contribution in [3.05, 3.63) is 59.6 Å². The quantitative estimate of drug-likeness (QED) is 0.735. The number of carbonyl (C=O) groups is 1. The Labute approximate surface area is 130 Å². The van der Waals surface area contributed by atoms with Gasteiger partial charge >= 0.3 is 0 Å². The SMILES string of the molecule is Cc1cc(=O)n(CC(=O)Nc2cc(-n3ccnc3)ncn2)cn1. The summed E-state index contributed by atoms with van der Waals surface area (Å²) in [5, 5.41) is 2.62. The Bertz CT molecular complexity index is 886. The fraction of sp³-hybridized carbons (Fsp3) is 0.143. The Morgan fingerprint density at radius 2 is 2.09 bits per heavy atom. The number of hydrogen-bond acceptors (Lipinski definition) is 6. The summed E-state index contributed by atoms with van der Waals surface area (Å²) >= 11 is 0. The topological polar surface area (TPSA) is 108 Å². The molecule has 9 heteroatoms. The van der Waals surface area contributed by atoms with E-state index in [9.17, 15) is 9.59 Å². The molecule has 0 aromatic carbocycles. The van der Waals surface area contributed by atoms with Gasteiger partial charge in [-0.25, -0.2) is 19.9 Å². The molecule has 1 N–H and O–H groups in total. The van der Waals surface area contributed by atoms with Crippen molar-refractivity contribution in [1.29, 1.82) is 0 Å². The van der Waals surface area contributed by atoms with E-state index < -0.39 is 0 Å². The van der Waals surface area contributed by atoms with Crippen molar-refractivity contribution in [2.45, 2.75) is 13.5 Å². The molecule has 0 radical (unpaired) electrons. The zero-order valence-corrected chi connectivity index (χ0v) is 12.2. The van der Waals surface area contributed by atoms with Gasteiger partial charge in [0.15, 0.2) is 0 Å². The average Bonchev–Trinajstić information content (AvgIpc) is 3.05. The first kappa shape index (κ1) is 14.6. The molecule has 0 bridgehead atoms. The van der Waals surface area contributed by atoms with Crippen LogP contribution in [0.5, 0.6) is 0 Å². The molecule has 0 unspecified atom stereocenters. The number of carbonyl (C=O) groups excluding carboxylic acids is 1. The Hall–Kier alpha value is -3.36. The Morgan fingerprint density at radius 1 is 1.22 bits per heavy atom. The predicted octanol–water partition coefficient (Wildman–Crippen LogP) is 0.166. The van der Waals surface area contributed by atoms with Crippen LogP contribution < -0.4 is 10.9 Å². The van der Waals surface area contributed by atoms with Gasteiger partial charge in [0.05, 0.1) is 6.33 Å². The molecule has 0 atom stereocenters. The second-order valence-electron chi connectivity index (χ2n) is 4.78. The molecular weight excluding hydrogens is 298 g/mol. The minimum Gasteiger partial charge on any atom is -0.309 e. The number of nitrogens with one attached hydrogen (secondary N) is 1. The van der Waals surface area contributed by atoms with Crippen LogP contribution in [0.1, 0.15) is 5.69 Å². The molecule has 3 rings (SSSR count). The van der Waals surface area contributed by atoms with E-state index in [1.54, 1.807) is 36.3 Å². The van der Waals surface area contributed by atoms with Gasteiger partial charge in [-0.2, -0.15) is 0 Å². The highest BCUT2D eigenvalue weighted by Crippen LogP contribution is 2.08. The zero-order chi connectivity index (χ0) is 16.2. The molecule has 3 aromatic heterocycles. The van der Waals surface area contributed by atoms with Crippen LogP contribution in [-0.2, 0) is 11.3 Å². The van der Waals surface area contributed by atoms with Crippen molar-refractivity contribution in [3.63, 3.8) is 0 Å². The van der Waals surface area contributed by atoms with Crippen LogP contribution in [0.4, 0.5) is 5.82 Å². The molecule has 3 aromatic rings. The van der Waals surface area contributed by atoms with Crippen molar-refractivity contribution in [3.8, 4) is 5.82 Å². The summed E-state index contributed by atoms with van der Waals surface area (Å²) in [6.45, 7) is 1.57. The number of anilines is 1. The summed E-state index contributed by atoms with van der Waals surface area (Å²) in [5.41, 5.74) is 0.321. The highest BCUT2D eigenvalue weighted by atomic mass is 16.2. The molecule has 0 aliphatic heterocycles. The summed E-state index contributed by atoms with van der Waals surface area (Å²) in [4.78, 5) is 39.8. The van der Waals surface area contributed by atoms with Crippen LogP contribution in [0.15, 0.2) is 48.3 Å². The van der Waals surface area contributed by atoms with Gasteiger partial charge in [-0.05, 0) is 6.92 Å². The van der Waals surface area contributed by atoms with Crippen molar-refractivity contribution >= 4 is 11.7 Å². The maximum Gasteiger partial charge on any atom is 0.253 e. The number of amides is 1. The lowest BCUT2D eigenvalue weighted by atomic mass is 10.4. The first-order valence-electron chi connectivity index (χ1n) is 6.75. The summed E-state index contributed by atoms with van der Waals surface area (Å²) in [5.74, 6) is 0.525. The van der Waals surface area contributed by atoms with E-state index in [-0.39, 0.29) is 18.0 Å². The fourth-order valence-corrected chi connectivity index (χ4v) is 1.92. The number of nitrogens with zero attached hydrogens (tertiary/aromatic N) is 6. The van der Waals surface area contributed by atoms with Crippen molar-refractivity contribution in [2.24, 2.45) is 0 Å². The lowest BCUT2D eigenvalue weighted by Gasteiger charge is -2.07. The van der Waals surface area contributed by atoms with Crippen LogP contribution >= 0.6 is 0 Å². The van der Waals surface area contributed by atoms with E-state index in [2.05, 4.69) is 25.3 Å². The van der Waals surface area contributed by atoms with Crippen molar-refractivity contribution in [1.82, 2.24) is 29.1 Å². The van der Waals surface area contributed by atoms with Crippen molar-refractivity contribution < 1.29 is 4.79 Å². The molecule has 116 valence electrons. The van der Waals surface area contributed by atoms with E-state index >= 15 is 0 Å². The smallest absolute Gasteiger partial charge is 0.253 e. The highest BCUT2D eigenvalue weighted by molar-refractivity contribution is 5.89. The van der Waals surface area contributed by atoms with Gasteiger partial charge in [-0.15, -0.1) is 0 Å². The van der Waals surface area contributed by atoms with Gasteiger partial charge in [0.25, 0.3) is 5.56 Å². The molecule has 23 heavy (non-hydrogen) atoms. The summed E-state index contributed by atoms with van der Waals surface area (Å²) in [6.07, 6.45) is 7.62. The summed E-state index contributed by atoms with van der Waals surface area (Å²) in [7, 11) is 0. The minimum atomic E-state index is -0.381. The van der Waals surface area contributed by atoms with Crippen LogP contribution in [0, 0.1) is 6.92 Å². The normalized spacial score (nSPS) is 10.5. The van der Waals surface area contributed by atoms with E-state index in [1.807, 2.05) is 0 Å². The molecular formula is C14H13N7O2. The highest BCUT2D eigenvalue weighted by Gasteiger charge is 2.08. The minimum absolute atomic E-state index is 0.142. The molecule has 1 amide bonds. The van der Waals surface area contributed by atoms with Gasteiger partial charge < -0.3 is 5.32 Å². The predicted molar refractivity (Wildman–Crippen MR) is 81.0 cm³/mol. The second-order valence-corrected chi connectivity index (χ2v) is 4.78. The number of aromatic nitrogens is 6. The van der Waals surface area contributed by atoms with Crippen molar-refractivity contribution in [2.75, 3.05) is 5.32 Å². The molecule has 9 nitrogen and oxygen atoms in total. The molecule has 0 saturated carbocycles. The van der Waals surface area contributed by atoms with Crippen LogP contribution in [-0.4, -0.2) is 35.0 Å². The van der Waals surface area contributed by atoms with E-state index in [4.69, 9.17) is 0 Å². The van der Waals surface area contributed by atoms with Gasteiger partial charge in [-0.1, -0.05) is 0 Å². The zero-order valence-electron chi connectivity index (χ0n) is 12.2. The lowest BCUT2D eigenvalue weighted by molar-refractivity contribution is -0.116. The Morgan fingerprint density at radius 3 is 2.83 bits per heavy atom. The first-order valence-corrected chi connectivity index (χ1v) is 6.75. The van der Waals surface area contributed by atoms with Crippen LogP contribution in [0.2, 0.25) is 0 Å². The largest absolute Gasteiger partial charge is 0.309 e. The summed E-state index contributed by atoms with van der Waals surface area (Å²) < 4.78 is 2.91. The fourth-order valence-electron chi connectivity index (χ4n) is 1.92. The summed E-state index contributed by atoms with van der Waals surface area (Å²) in [6, 6.07) is 2.98. The monoisotopic (exact) mass is 311 g/mol. The lowest BCUT2D eigenvalue weighted by Crippen LogP contribution is -2.27. The van der Waals surface area contributed by atoms with Crippen LogP contribution in [0.3, 0.4) is 0 Å². The van der Waals surface area contributed by atoms with Gasteiger partial charge in [-0.3, -0.25) is 18.7 Å². The second kappa shape index (κ2) is 6.18. The maximum atomic E-state index is 12.0. The molecule has 0 aliphatic rings. The standard InChI is InChI=1S/C14H13N7O2/c1-10-4-14(23)21(9-18-10)6-13(22)19-11-5-12(17-7-16-11)20-3-2-15-8-20/h2-5,7-9H,6H2,1H3,(H,16,17,19,22). The van der Waals surface area contributed by atoms with E-state index in [1.165, 1.54) is 23.3 Å². The van der Waals surface area contributed by atoms with E-state index in [0.29, 0.717) is 17.3 Å².